The van der Waals surface area contributed by atoms with Gasteiger partial charge in [0.2, 0.25) is 0 Å². The van der Waals surface area contributed by atoms with Crippen molar-refractivity contribution in [3.8, 4) is 0 Å². The van der Waals surface area contributed by atoms with E-state index in [-0.39, 0.29) is 6.03 Å². The number of benzene rings is 1. The number of hydrogen-bond acceptors (Lipinski definition) is 3. The molecule has 0 bridgehead atoms. The Labute approximate surface area is 100 Å². The van der Waals surface area contributed by atoms with E-state index < -0.39 is 5.97 Å². The molecule has 0 saturated carbocycles. The fourth-order valence-electron chi connectivity index (χ4n) is 1.33. The summed E-state index contributed by atoms with van der Waals surface area (Å²) in [6.45, 7) is 4.22. The molecule has 2 N–H and O–H groups in total. The predicted octanol–water partition coefficient (Wildman–Crippen LogP) is 1.92. The van der Waals surface area contributed by atoms with Gasteiger partial charge in [-0.1, -0.05) is 6.07 Å². The Bertz CT molecular complexity index is 430. The van der Waals surface area contributed by atoms with Crippen LogP contribution in [0.25, 0.3) is 0 Å². The van der Waals surface area contributed by atoms with E-state index in [9.17, 15) is 9.59 Å². The number of carbonyl (C=O) groups is 2. The monoisotopic (exact) mass is 236 g/mol. The van der Waals surface area contributed by atoms with Crippen molar-refractivity contribution in [2.75, 3.05) is 19.0 Å². The van der Waals surface area contributed by atoms with Crippen LogP contribution in [-0.2, 0) is 4.74 Å². The number of ether oxygens (including phenoxy) is 1. The second-order valence-corrected chi connectivity index (χ2v) is 3.51. The molecule has 1 rings (SSSR count). The fourth-order valence-corrected chi connectivity index (χ4v) is 1.33. The van der Waals surface area contributed by atoms with Crippen molar-refractivity contribution in [1.29, 1.82) is 0 Å². The summed E-state index contributed by atoms with van der Waals surface area (Å²) in [6, 6.07) is 4.71. The average Bonchev–Trinajstić information content (AvgIpc) is 2.31. The lowest BCUT2D eigenvalue weighted by molar-refractivity contribution is 0.0600. The van der Waals surface area contributed by atoms with E-state index >= 15 is 0 Å². The number of nitrogens with one attached hydrogen (secondary N) is 2. The number of carbonyl (C=O) groups excluding carboxylic acids is 2. The van der Waals surface area contributed by atoms with Gasteiger partial charge in [0.05, 0.1) is 12.7 Å². The molecule has 0 unspecified atom stereocenters. The van der Waals surface area contributed by atoms with Gasteiger partial charge in [0.25, 0.3) is 0 Å². The van der Waals surface area contributed by atoms with Crippen LogP contribution in [-0.4, -0.2) is 25.7 Å². The van der Waals surface area contributed by atoms with Crippen LogP contribution in [0.2, 0.25) is 0 Å². The molecular formula is C12H16N2O3. The summed E-state index contributed by atoms with van der Waals surface area (Å²) < 4.78 is 4.62. The van der Waals surface area contributed by atoms with Crippen LogP contribution in [0.4, 0.5) is 10.5 Å². The van der Waals surface area contributed by atoms with E-state index in [2.05, 4.69) is 15.4 Å². The van der Waals surface area contributed by atoms with Crippen LogP contribution >= 0.6 is 0 Å². The molecule has 0 spiro atoms. The van der Waals surface area contributed by atoms with Crippen molar-refractivity contribution >= 4 is 17.7 Å². The van der Waals surface area contributed by atoms with Gasteiger partial charge in [0.15, 0.2) is 0 Å². The van der Waals surface area contributed by atoms with Crippen molar-refractivity contribution in [3.05, 3.63) is 29.3 Å². The molecule has 5 heteroatoms. The molecular weight excluding hydrogens is 220 g/mol. The summed E-state index contributed by atoms with van der Waals surface area (Å²) in [4.78, 5) is 22.7. The molecule has 0 aliphatic rings. The molecule has 0 atom stereocenters. The lowest BCUT2D eigenvalue weighted by atomic mass is 10.1. The van der Waals surface area contributed by atoms with Crippen LogP contribution in [0.15, 0.2) is 18.2 Å². The number of anilines is 1. The highest BCUT2D eigenvalue weighted by Gasteiger charge is 2.09. The van der Waals surface area contributed by atoms with Gasteiger partial charge in [-0.05, 0) is 31.5 Å². The maximum Gasteiger partial charge on any atom is 0.337 e. The van der Waals surface area contributed by atoms with E-state index in [0.29, 0.717) is 17.8 Å². The number of urea groups is 1. The largest absolute Gasteiger partial charge is 0.465 e. The zero-order valence-electron chi connectivity index (χ0n) is 10.2. The topological polar surface area (TPSA) is 67.4 Å². The standard InChI is InChI=1S/C12H16N2O3/c1-4-13-12(16)14-10-7-9(11(15)17-3)6-5-8(10)2/h5-7H,4H2,1-3H3,(H2,13,14,16). The highest BCUT2D eigenvalue weighted by Crippen LogP contribution is 2.17. The Hall–Kier alpha value is -2.04. The number of esters is 1. The van der Waals surface area contributed by atoms with E-state index in [1.807, 2.05) is 13.8 Å². The first-order chi connectivity index (χ1) is 8.08. The highest BCUT2D eigenvalue weighted by atomic mass is 16.5. The van der Waals surface area contributed by atoms with Crippen LogP contribution in [0, 0.1) is 6.92 Å². The summed E-state index contributed by atoms with van der Waals surface area (Å²) in [5.41, 5.74) is 1.88. The van der Waals surface area contributed by atoms with E-state index in [0.717, 1.165) is 5.56 Å². The van der Waals surface area contributed by atoms with Gasteiger partial charge < -0.3 is 15.4 Å². The number of aryl methyl sites for hydroxylation is 1. The molecule has 0 fully saturated rings. The minimum Gasteiger partial charge on any atom is -0.465 e. The molecule has 17 heavy (non-hydrogen) atoms. The lowest BCUT2D eigenvalue weighted by Crippen LogP contribution is -2.28. The first-order valence-electron chi connectivity index (χ1n) is 5.32. The van der Waals surface area contributed by atoms with Crippen LogP contribution in [0.5, 0.6) is 0 Å². The van der Waals surface area contributed by atoms with Crippen molar-refractivity contribution in [3.63, 3.8) is 0 Å². The van der Waals surface area contributed by atoms with Gasteiger partial charge in [-0.2, -0.15) is 0 Å². The fraction of sp³-hybridized carbons (Fsp3) is 0.333. The average molecular weight is 236 g/mol. The molecule has 92 valence electrons. The smallest absolute Gasteiger partial charge is 0.337 e. The minimum atomic E-state index is -0.427. The van der Waals surface area contributed by atoms with Gasteiger partial charge in [0.1, 0.15) is 0 Å². The molecule has 2 amide bonds. The number of amides is 2. The maximum absolute atomic E-state index is 11.4. The minimum absolute atomic E-state index is 0.294. The van der Waals surface area contributed by atoms with Crippen molar-refractivity contribution < 1.29 is 14.3 Å². The van der Waals surface area contributed by atoms with Gasteiger partial charge in [-0.15, -0.1) is 0 Å². The first-order valence-corrected chi connectivity index (χ1v) is 5.32. The van der Waals surface area contributed by atoms with Crippen molar-refractivity contribution in [2.45, 2.75) is 13.8 Å². The third kappa shape index (κ3) is 3.48. The molecule has 0 saturated heterocycles. The number of hydrogen-bond donors (Lipinski definition) is 2. The van der Waals surface area contributed by atoms with Crippen molar-refractivity contribution in [1.82, 2.24) is 5.32 Å². The lowest BCUT2D eigenvalue weighted by Gasteiger charge is -2.10. The first kappa shape index (κ1) is 13.0. The molecule has 0 aliphatic carbocycles. The van der Waals surface area contributed by atoms with Crippen LogP contribution in [0.3, 0.4) is 0 Å². The number of methoxy groups -OCH3 is 1. The summed E-state index contributed by atoms with van der Waals surface area (Å²) in [6.07, 6.45) is 0. The SMILES string of the molecule is CCNC(=O)Nc1cc(C(=O)OC)ccc1C. The zero-order chi connectivity index (χ0) is 12.8. The molecule has 1 aromatic carbocycles. The molecule has 1 aromatic rings. The Morgan fingerprint density at radius 3 is 2.65 bits per heavy atom. The Balaban J connectivity index is 2.90. The third-order valence-electron chi connectivity index (χ3n) is 2.24. The van der Waals surface area contributed by atoms with E-state index in [1.165, 1.54) is 7.11 Å². The van der Waals surface area contributed by atoms with E-state index in [4.69, 9.17) is 0 Å². The van der Waals surface area contributed by atoms with Crippen LogP contribution in [0.1, 0.15) is 22.8 Å². The van der Waals surface area contributed by atoms with Gasteiger partial charge >= 0.3 is 12.0 Å². The highest BCUT2D eigenvalue weighted by molar-refractivity contribution is 5.94. The molecule has 5 nitrogen and oxygen atoms in total. The predicted molar refractivity (Wildman–Crippen MR) is 65.2 cm³/mol. The number of rotatable bonds is 3. The Kier molecular flexibility index (Phi) is 4.51. The second kappa shape index (κ2) is 5.89. The summed E-state index contributed by atoms with van der Waals surface area (Å²) in [5.74, 6) is -0.427. The van der Waals surface area contributed by atoms with E-state index in [1.54, 1.807) is 18.2 Å². The molecule has 0 radical (unpaired) electrons. The van der Waals surface area contributed by atoms with Gasteiger partial charge in [0, 0.05) is 12.2 Å². The Morgan fingerprint density at radius 1 is 1.35 bits per heavy atom. The third-order valence-corrected chi connectivity index (χ3v) is 2.24. The summed E-state index contributed by atoms with van der Waals surface area (Å²) in [7, 11) is 1.32. The normalized spacial score (nSPS) is 9.59. The van der Waals surface area contributed by atoms with Crippen molar-refractivity contribution in [2.24, 2.45) is 0 Å². The second-order valence-electron chi connectivity index (χ2n) is 3.51. The molecule has 0 heterocycles. The van der Waals surface area contributed by atoms with Gasteiger partial charge in [-0.25, -0.2) is 9.59 Å². The zero-order valence-corrected chi connectivity index (χ0v) is 10.2. The Morgan fingerprint density at radius 2 is 2.06 bits per heavy atom. The molecule has 0 aliphatic heterocycles. The summed E-state index contributed by atoms with van der Waals surface area (Å²) >= 11 is 0. The molecule has 0 aromatic heterocycles. The maximum atomic E-state index is 11.4. The quantitative estimate of drug-likeness (QED) is 0.788. The van der Waals surface area contributed by atoms with Gasteiger partial charge in [-0.3, -0.25) is 0 Å². The summed E-state index contributed by atoms with van der Waals surface area (Å²) in [5, 5.41) is 5.29. The van der Waals surface area contributed by atoms with Crippen LogP contribution < -0.4 is 10.6 Å².